The number of hydrogen-bond acceptors (Lipinski definition) is 1. The average molecular weight is 175 g/mol. The Labute approximate surface area is 80.5 Å². The van der Waals surface area contributed by atoms with E-state index in [0.717, 1.165) is 0 Å². The van der Waals surface area contributed by atoms with E-state index in [-0.39, 0.29) is 0 Å². The van der Waals surface area contributed by atoms with Crippen LogP contribution in [0.5, 0.6) is 0 Å². The van der Waals surface area contributed by atoms with Gasteiger partial charge in [0.1, 0.15) is 0 Å². The quantitative estimate of drug-likeness (QED) is 0.612. The molecule has 1 aromatic rings. The second-order valence-electron chi connectivity index (χ2n) is 3.62. The molecule has 0 radical (unpaired) electrons. The van der Waals surface area contributed by atoms with Crippen LogP contribution in [0.2, 0.25) is 0 Å². The van der Waals surface area contributed by atoms with Gasteiger partial charge in [0.2, 0.25) is 0 Å². The highest BCUT2D eigenvalue weighted by atomic mass is 14.6. The van der Waals surface area contributed by atoms with E-state index in [1.165, 1.54) is 16.7 Å². The molecule has 0 spiro atoms. The molecular weight excluding hydrogens is 158 g/mol. The molecule has 0 fully saturated rings. The Morgan fingerprint density at radius 2 is 2.00 bits per heavy atom. The molecule has 0 aromatic heterocycles. The summed E-state index contributed by atoms with van der Waals surface area (Å²) in [6, 6.07) is 6.41. The van der Waals surface area contributed by atoms with Crippen LogP contribution in [0.25, 0.3) is 0 Å². The van der Waals surface area contributed by atoms with Gasteiger partial charge in [-0.1, -0.05) is 32.0 Å². The van der Waals surface area contributed by atoms with Crippen molar-refractivity contribution in [2.45, 2.75) is 26.7 Å². The molecule has 0 unspecified atom stereocenters. The minimum Gasteiger partial charge on any atom is -0.296 e. The molecule has 1 aromatic carbocycles. The van der Waals surface area contributed by atoms with Crippen molar-refractivity contribution in [3.8, 4) is 0 Å². The van der Waals surface area contributed by atoms with Gasteiger partial charge in [-0.05, 0) is 29.5 Å². The first-order valence-corrected chi connectivity index (χ1v) is 4.68. The third-order valence-electron chi connectivity index (χ3n) is 2.24. The molecular formula is C12H17N. The van der Waals surface area contributed by atoms with Crippen molar-refractivity contribution in [3.63, 3.8) is 0 Å². The molecule has 0 aliphatic heterocycles. The van der Waals surface area contributed by atoms with Gasteiger partial charge in [0.25, 0.3) is 0 Å². The molecule has 0 aliphatic rings. The van der Waals surface area contributed by atoms with Crippen LogP contribution in [-0.4, -0.2) is 13.3 Å². The summed E-state index contributed by atoms with van der Waals surface area (Å²) in [7, 11) is 1.82. The molecule has 0 saturated heterocycles. The molecule has 70 valence electrons. The van der Waals surface area contributed by atoms with E-state index in [0.29, 0.717) is 5.92 Å². The van der Waals surface area contributed by atoms with Crippen molar-refractivity contribution < 1.29 is 0 Å². The van der Waals surface area contributed by atoms with Gasteiger partial charge in [-0.15, -0.1) is 0 Å². The molecule has 0 aliphatic carbocycles. The Morgan fingerprint density at radius 3 is 2.54 bits per heavy atom. The molecule has 0 bridgehead atoms. The Kier molecular flexibility index (Phi) is 3.24. The van der Waals surface area contributed by atoms with Gasteiger partial charge in [0.05, 0.1) is 0 Å². The maximum Gasteiger partial charge on any atom is 0.0286 e. The Morgan fingerprint density at radius 1 is 1.31 bits per heavy atom. The van der Waals surface area contributed by atoms with Crippen LogP contribution in [0.15, 0.2) is 23.2 Å². The number of hydrogen-bond donors (Lipinski definition) is 0. The molecule has 0 N–H and O–H groups in total. The number of aryl methyl sites for hydroxylation is 1. The zero-order chi connectivity index (χ0) is 9.84. The van der Waals surface area contributed by atoms with Gasteiger partial charge in [-0.25, -0.2) is 0 Å². The van der Waals surface area contributed by atoms with E-state index in [2.05, 4.69) is 44.0 Å². The van der Waals surface area contributed by atoms with Crippen LogP contribution >= 0.6 is 0 Å². The summed E-state index contributed by atoms with van der Waals surface area (Å²) in [5.41, 5.74) is 3.96. The smallest absolute Gasteiger partial charge is 0.0286 e. The van der Waals surface area contributed by atoms with Crippen LogP contribution < -0.4 is 0 Å². The zero-order valence-corrected chi connectivity index (χ0v) is 8.83. The number of benzene rings is 1. The molecule has 1 nitrogen and oxygen atoms in total. The molecule has 0 heterocycles. The van der Waals surface area contributed by atoms with E-state index in [1.807, 2.05) is 13.3 Å². The first kappa shape index (κ1) is 9.97. The third kappa shape index (κ3) is 2.18. The molecule has 0 saturated carbocycles. The predicted octanol–water partition coefficient (Wildman–Crippen LogP) is 3.17. The summed E-state index contributed by atoms with van der Waals surface area (Å²) < 4.78 is 0. The summed E-state index contributed by atoms with van der Waals surface area (Å²) in [6.45, 7) is 6.55. The van der Waals surface area contributed by atoms with E-state index >= 15 is 0 Å². The van der Waals surface area contributed by atoms with Gasteiger partial charge in [-0.3, -0.25) is 4.99 Å². The van der Waals surface area contributed by atoms with Crippen molar-refractivity contribution in [2.75, 3.05) is 7.05 Å². The maximum absolute atomic E-state index is 4.08. The van der Waals surface area contributed by atoms with Crippen molar-refractivity contribution >= 4 is 6.21 Å². The summed E-state index contributed by atoms with van der Waals surface area (Å²) in [5, 5.41) is 0. The topological polar surface area (TPSA) is 12.4 Å². The largest absolute Gasteiger partial charge is 0.296 e. The normalized spacial score (nSPS) is 11.5. The number of rotatable bonds is 2. The molecule has 13 heavy (non-hydrogen) atoms. The van der Waals surface area contributed by atoms with Crippen LogP contribution in [0, 0.1) is 6.92 Å². The van der Waals surface area contributed by atoms with E-state index in [9.17, 15) is 0 Å². The highest BCUT2D eigenvalue weighted by molar-refractivity contribution is 5.83. The van der Waals surface area contributed by atoms with Crippen LogP contribution in [0.1, 0.15) is 36.5 Å². The fourth-order valence-corrected chi connectivity index (χ4v) is 1.51. The zero-order valence-electron chi connectivity index (χ0n) is 8.83. The highest BCUT2D eigenvalue weighted by Gasteiger charge is 2.05. The van der Waals surface area contributed by atoms with Crippen molar-refractivity contribution in [2.24, 2.45) is 4.99 Å². The van der Waals surface area contributed by atoms with Gasteiger partial charge in [-0.2, -0.15) is 0 Å². The molecule has 1 heteroatoms. The Bertz CT molecular complexity index is 311. The lowest BCUT2D eigenvalue weighted by Crippen LogP contribution is -1.97. The Balaban J connectivity index is 3.25. The van der Waals surface area contributed by atoms with Crippen LogP contribution in [0.4, 0.5) is 0 Å². The molecule has 0 amide bonds. The molecule has 1 rings (SSSR count). The SMILES string of the molecule is CN=Cc1c(C)cccc1C(C)C. The predicted molar refractivity (Wildman–Crippen MR) is 58.8 cm³/mol. The molecule has 0 atom stereocenters. The summed E-state index contributed by atoms with van der Waals surface area (Å²) in [4.78, 5) is 4.08. The lowest BCUT2D eigenvalue weighted by atomic mass is 9.94. The van der Waals surface area contributed by atoms with Gasteiger partial charge >= 0.3 is 0 Å². The average Bonchev–Trinajstić information content (AvgIpc) is 2.08. The van der Waals surface area contributed by atoms with Gasteiger partial charge in [0, 0.05) is 13.3 Å². The standard InChI is InChI=1S/C12H17N/c1-9(2)11-7-5-6-10(3)12(11)8-13-4/h5-9H,1-4H3. The summed E-state index contributed by atoms with van der Waals surface area (Å²) in [5.74, 6) is 0.563. The first-order chi connectivity index (χ1) is 6.16. The van der Waals surface area contributed by atoms with Crippen molar-refractivity contribution in [3.05, 3.63) is 34.9 Å². The maximum atomic E-state index is 4.08. The Hall–Kier alpha value is -1.11. The van der Waals surface area contributed by atoms with E-state index < -0.39 is 0 Å². The summed E-state index contributed by atoms with van der Waals surface area (Å²) >= 11 is 0. The minimum absolute atomic E-state index is 0.563. The third-order valence-corrected chi connectivity index (χ3v) is 2.24. The fourth-order valence-electron chi connectivity index (χ4n) is 1.51. The van der Waals surface area contributed by atoms with Crippen LogP contribution in [-0.2, 0) is 0 Å². The van der Waals surface area contributed by atoms with Crippen molar-refractivity contribution in [1.29, 1.82) is 0 Å². The van der Waals surface area contributed by atoms with Gasteiger partial charge in [0.15, 0.2) is 0 Å². The lowest BCUT2D eigenvalue weighted by molar-refractivity contribution is 0.863. The van der Waals surface area contributed by atoms with Crippen LogP contribution in [0.3, 0.4) is 0 Å². The van der Waals surface area contributed by atoms with Crippen molar-refractivity contribution in [1.82, 2.24) is 0 Å². The number of aliphatic imine (C=N–C) groups is 1. The summed E-state index contributed by atoms with van der Waals surface area (Å²) in [6.07, 6.45) is 1.95. The second-order valence-corrected chi connectivity index (χ2v) is 3.62. The van der Waals surface area contributed by atoms with E-state index in [4.69, 9.17) is 0 Å². The first-order valence-electron chi connectivity index (χ1n) is 4.68. The van der Waals surface area contributed by atoms with E-state index in [1.54, 1.807) is 0 Å². The second kappa shape index (κ2) is 4.22. The van der Waals surface area contributed by atoms with Gasteiger partial charge < -0.3 is 0 Å². The fraction of sp³-hybridized carbons (Fsp3) is 0.417. The number of nitrogens with zero attached hydrogens (tertiary/aromatic N) is 1. The lowest BCUT2D eigenvalue weighted by Gasteiger charge is -2.11. The highest BCUT2D eigenvalue weighted by Crippen LogP contribution is 2.20. The minimum atomic E-state index is 0.563. The monoisotopic (exact) mass is 175 g/mol.